The fraction of sp³-hybridized carbons (Fsp3) is 0.435. The summed E-state index contributed by atoms with van der Waals surface area (Å²) in [5.41, 5.74) is -1.55. The number of aliphatic carboxylic acids is 1. The summed E-state index contributed by atoms with van der Waals surface area (Å²) in [6, 6.07) is 8.60. The van der Waals surface area contributed by atoms with Gasteiger partial charge in [-0.1, -0.05) is 12.1 Å². The van der Waals surface area contributed by atoms with E-state index in [9.17, 15) is 31.1 Å². The molecule has 0 saturated carbocycles. The number of rotatable bonds is 12. The average Bonchev–Trinajstić information content (AvgIpc) is 2.73. The molecule has 0 aliphatic heterocycles. The van der Waals surface area contributed by atoms with Crippen LogP contribution in [0.1, 0.15) is 41.5 Å². The van der Waals surface area contributed by atoms with Gasteiger partial charge in [0.2, 0.25) is 0 Å². The number of benzene rings is 2. The van der Waals surface area contributed by atoms with Crippen molar-refractivity contribution < 1.29 is 41.0 Å². The van der Waals surface area contributed by atoms with Gasteiger partial charge >= 0.3 is 18.3 Å². The minimum atomic E-state index is -4.73. The smallest absolute Gasteiger partial charge is 0.416 e. The maximum Gasteiger partial charge on any atom is 0.416 e. The van der Waals surface area contributed by atoms with Crippen molar-refractivity contribution in [3.8, 4) is 5.75 Å². The highest BCUT2D eigenvalue weighted by Crippen LogP contribution is 2.37. The van der Waals surface area contributed by atoms with Crippen LogP contribution in [0.2, 0.25) is 0 Å². The molecule has 0 bridgehead atoms. The van der Waals surface area contributed by atoms with Gasteiger partial charge in [0.25, 0.3) is 0 Å². The fourth-order valence-electron chi connectivity index (χ4n) is 3.20. The summed E-state index contributed by atoms with van der Waals surface area (Å²) in [6.45, 7) is 1.15. The maximum atomic E-state index is 13.1. The van der Waals surface area contributed by atoms with Crippen LogP contribution in [0.15, 0.2) is 42.5 Å². The molecule has 0 heterocycles. The highest BCUT2D eigenvalue weighted by Gasteiger charge is 2.36. The Bertz CT molecular complexity index is 895. The van der Waals surface area contributed by atoms with Gasteiger partial charge in [0, 0.05) is 6.54 Å². The van der Waals surface area contributed by atoms with Crippen LogP contribution in [0, 0.1) is 0 Å². The molecule has 0 atom stereocenters. The van der Waals surface area contributed by atoms with E-state index in [-0.39, 0.29) is 25.9 Å². The lowest BCUT2D eigenvalue weighted by molar-refractivity contribution is -0.141. The highest BCUT2D eigenvalue weighted by atomic mass is 19.4. The lowest BCUT2D eigenvalue weighted by atomic mass is 9.99. The van der Waals surface area contributed by atoms with Crippen LogP contribution >= 0.6 is 0 Å². The van der Waals surface area contributed by atoms with Crippen LogP contribution in [0.4, 0.5) is 26.3 Å². The van der Waals surface area contributed by atoms with Crippen molar-refractivity contribution >= 4 is 5.97 Å². The van der Waals surface area contributed by atoms with E-state index in [1.807, 2.05) is 12.1 Å². The van der Waals surface area contributed by atoms with E-state index < -0.39 is 35.0 Å². The van der Waals surface area contributed by atoms with E-state index in [1.165, 1.54) is 0 Å². The molecule has 182 valence electrons. The van der Waals surface area contributed by atoms with E-state index in [0.717, 1.165) is 18.4 Å². The predicted molar refractivity (Wildman–Crippen MR) is 110 cm³/mol. The number of ether oxygens (including phenoxy) is 1. The Morgan fingerprint density at radius 1 is 0.879 bits per heavy atom. The minimum absolute atomic E-state index is 0.0559. The first-order chi connectivity index (χ1) is 15.5. The maximum absolute atomic E-state index is 13.1. The molecule has 10 heteroatoms. The first-order valence-electron chi connectivity index (χ1n) is 10.4. The number of nitrogens with one attached hydrogen (secondary N) is 1. The number of halogens is 6. The topological polar surface area (TPSA) is 58.6 Å². The van der Waals surface area contributed by atoms with E-state index in [1.54, 1.807) is 12.1 Å². The zero-order chi connectivity index (χ0) is 24.5. The van der Waals surface area contributed by atoms with Crippen LogP contribution in [-0.2, 0) is 30.0 Å². The second kappa shape index (κ2) is 11.9. The number of alkyl halides is 6. The Morgan fingerprint density at radius 2 is 1.58 bits per heavy atom. The van der Waals surface area contributed by atoms with Gasteiger partial charge < -0.3 is 15.2 Å². The van der Waals surface area contributed by atoms with Gasteiger partial charge in [0.1, 0.15) is 5.75 Å². The van der Waals surface area contributed by atoms with E-state index in [2.05, 4.69) is 5.32 Å². The third kappa shape index (κ3) is 9.33. The molecule has 2 aromatic rings. The quantitative estimate of drug-likeness (QED) is 0.303. The number of carboxylic acid groups (broad SMARTS) is 1. The molecule has 4 nitrogen and oxygen atoms in total. The lowest BCUT2D eigenvalue weighted by Gasteiger charge is -2.16. The molecule has 0 aliphatic carbocycles. The fourth-order valence-corrected chi connectivity index (χ4v) is 3.20. The monoisotopic (exact) mass is 477 g/mol. The highest BCUT2D eigenvalue weighted by molar-refractivity contribution is 5.66. The molecule has 0 aromatic heterocycles. The first-order valence-corrected chi connectivity index (χ1v) is 10.4. The molecule has 0 fully saturated rings. The molecule has 33 heavy (non-hydrogen) atoms. The summed E-state index contributed by atoms with van der Waals surface area (Å²) in [7, 11) is 0. The van der Waals surface area contributed by atoms with Gasteiger partial charge in [-0.25, -0.2) is 0 Å². The second-order valence-electron chi connectivity index (χ2n) is 7.46. The SMILES string of the molecule is O=C(O)CCNCCCc1ccc(OCCCc2cc(C(F)(F)F)ccc2C(F)(F)F)cc1. The number of hydrogen-bond acceptors (Lipinski definition) is 3. The molecule has 2 N–H and O–H groups in total. The summed E-state index contributed by atoms with van der Waals surface area (Å²) in [4.78, 5) is 10.4. The van der Waals surface area contributed by atoms with Crippen molar-refractivity contribution in [2.24, 2.45) is 0 Å². The number of aryl methyl sites for hydroxylation is 2. The summed E-state index contributed by atoms with van der Waals surface area (Å²) in [6.07, 6.45) is -7.88. The van der Waals surface area contributed by atoms with Gasteiger partial charge in [-0.3, -0.25) is 4.79 Å². The van der Waals surface area contributed by atoms with E-state index >= 15 is 0 Å². The molecular weight excluding hydrogens is 452 g/mol. The average molecular weight is 477 g/mol. The predicted octanol–water partition coefficient (Wildman–Crippen LogP) is 5.73. The Kier molecular flexibility index (Phi) is 9.57. The van der Waals surface area contributed by atoms with E-state index in [4.69, 9.17) is 9.84 Å². The molecule has 0 aliphatic rings. The van der Waals surface area contributed by atoms with Crippen LogP contribution in [0.3, 0.4) is 0 Å². The van der Waals surface area contributed by atoms with Gasteiger partial charge in [0.05, 0.1) is 24.2 Å². The number of hydrogen-bond donors (Lipinski definition) is 2. The zero-order valence-electron chi connectivity index (χ0n) is 17.7. The van der Waals surface area contributed by atoms with Crippen LogP contribution in [-0.4, -0.2) is 30.8 Å². The Balaban J connectivity index is 1.81. The van der Waals surface area contributed by atoms with E-state index in [0.29, 0.717) is 37.0 Å². The molecule has 2 aromatic carbocycles. The third-order valence-electron chi connectivity index (χ3n) is 4.86. The molecule has 2 rings (SSSR count). The summed E-state index contributed by atoms with van der Waals surface area (Å²) in [5, 5.41) is 11.6. The standard InChI is InChI=1S/C23H25F6NO3/c24-22(25,26)18-7-10-20(23(27,28)29)17(15-18)4-2-14-33-19-8-5-16(6-9-19)3-1-12-30-13-11-21(31)32/h5-10,15,30H,1-4,11-14H2,(H,31,32). The molecule has 0 radical (unpaired) electrons. The Hall–Kier alpha value is -2.75. The van der Waals surface area contributed by atoms with Crippen molar-refractivity contribution in [1.29, 1.82) is 0 Å². The van der Waals surface area contributed by atoms with Crippen molar-refractivity contribution in [3.05, 3.63) is 64.7 Å². The summed E-state index contributed by atoms with van der Waals surface area (Å²) < 4.78 is 83.5. The summed E-state index contributed by atoms with van der Waals surface area (Å²) in [5.74, 6) is -0.341. The Labute approximate surface area is 187 Å². The zero-order valence-corrected chi connectivity index (χ0v) is 17.7. The van der Waals surface area contributed by atoms with Gasteiger partial charge in [-0.2, -0.15) is 26.3 Å². The van der Waals surface area contributed by atoms with Crippen LogP contribution < -0.4 is 10.1 Å². The first kappa shape index (κ1) is 26.5. The molecule has 0 saturated heterocycles. The summed E-state index contributed by atoms with van der Waals surface area (Å²) >= 11 is 0. The normalized spacial score (nSPS) is 12.1. The minimum Gasteiger partial charge on any atom is -0.494 e. The second-order valence-corrected chi connectivity index (χ2v) is 7.46. The molecule has 0 unspecified atom stereocenters. The van der Waals surface area contributed by atoms with Gasteiger partial charge in [0.15, 0.2) is 0 Å². The Morgan fingerprint density at radius 3 is 2.18 bits per heavy atom. The van der Waals surface area contributed by atoms with Crippen molar-refractivity contribution in [3.63, 3.8) is 0 Å². The van der Waals surface area contributed by atoms with Crippen LogP contribution in [0.25, 0.3) is 0 Å². The van der Waals surface area contributed by atoms with Crippen molar-refractivity contribution in [1.82, 2.24) is 5.32 Å². The third-order valence-corrected chi connectivity index (χ3v) is 4.86. The number of carbonyl (C=O) groups is 1. The number of carboxylic acids is 1. The molecule has 0 spiro atoms. The van der Waals surface area contributed by atoms with Crippen molar-refractivity contribution in [2.75, 3.05) is 19.7 Å². The lowest BCUT2D eigenvalue weighted by Crippen LogP contribution is -2.19. The largest absolute Gasteiger partial charge is 0.494 e. The van der Waals surface area contributed by atoms with Crippen molar-refractivity contribution in [2.45, 2.75) is 44.5 Å². The van der Waals surface area contributed by atoms with Gasteiger partial charge in [-0.15, -0.1) is 0 Å². The molecular formula is C23H25F6NO3. The van der Waals surface area contributed by atoms with Crippen LogP contribution in [0.5, 0.6) is 5.75 Å². The molecule has 0 amide bonds. The van der Waals surface area contributed by atoms with Gasteiger partial charge in [-0.05, 0) is 73.7 Å².